The number of aryl methyl sites for hydroxylation is 1. The zero-order valence-corrected chi connectivity index (χ0v) is 15.1. The highest BCUT2D eigenvalue weighted by atomic mass is 19.4. The van der Waals surface area contributed by atoms with Gasteiger partial charge in [0.1, 0.15) is 12.1 Å². The van der Waals surface area contributed by atoms with Gasteiger partial charge in [-0.2, -0.15) is 27.8 Å². The SMILES string of the molecule is Cc1cc(NC(c2ccc(CC(F)(F)F)cc2)C(C)(C)O)n2ncnc2n1. The number of hydrogen-bond acceptors (Lipinski definition) is 5. The van der Waals surface area contributed by atoms with E-state index in [1.807, 2.05) is 6.92 Å². The zero-order chi connectivity index (χ0) is 19.8. The van der Waals surface area contributed by atoms with Crippen molar-refractivity contribution in [2.75, 3.05) is 5.32 Å². The maximum atomic E-state index is 12.6. The van der Waals surface area contributed by atoms with Crippen LogP contribution in [0.5, 0.6) is 0 Å². The van der Waals surface area contributed by atoms with Gasteiger partial charge < -0.3 is 10.4 Å². The third kappa shape index (κ3) is 4.54. The Morgan fingerprint density at radius 1 is 1.19 bits per heavy atom. The molecule has 0 saturated heterocycles. The largest absolute Gasteiger partial charge is 0.393 e. The van der Waals surface area contributed by atoms with Crippen LogP contribution in [0, 0.1) is 6.92 Å². The fourth-order valence-electron chi connectivity index (χ4n) is 2.91. The van der Waals surface area contributed by atoms with Crippen LogP contribution in [0.25, 0.3) is 5.78 Å². The number of aliphatic hydroxyl groups is 1. The molecule has 0 saturated carbocycles. The number of alkyl halides is 3. The van der Waals surface area contributed by atoms with Crippen molar-refractivity contribution in [3.8, 4) is 0 Å². The van der Waals surface area contributed by atoms with Crippen molar-refractivity contribution >= 4 is 11.6 Å². The number of halogens is 3. The lowest BCUT2D eigenvalue weighted by atomic mass is 9.91. The summed E-state index contributed by atoms with van der Waals surface area (Å²) >= 11 is 0. The van der Waals surface area contributed by atoms with E-state index in [9.17, 15) is 18.3 Å². The van der Waals surface area contributed by atoms with Gasteiger partial charge >= 0.3 is 6.18 Å². The number of anilines is 1. The molecule has 0 aliphatic heterocycles. The van der Waals surface area contributed by atoms with Crippen molar-refractivity contribution in [1.29, 1.82) is 0 Å². The molecule has 2 N–H and O–H groups in total. The molecule has 0 aliphatic carbocycles. The molecule has 2 heterocycles. The van der Waals surface area contributed by atoms with E-state index >= 15 is 0 Å². The van der Waals surface area contributed by atoms with Crippen molar-refractivity contribution in [3.05, 3.63) is 53.5 Å². The summed E-state index contributed by atoms with van der Waals surface area (Å²) in [6.07, 6.45) is -3.88. The Labute approximate surface area is 154 Å². The number of hydrogen-bond donors (Lipinski definition) is 2. The second-order valence-corrected chi connectivity index (χ2v) is 7.02. The summed E-state index contributed by atoms with van der Waals surface area (Å²) in [4.78, 5) is 8.32. The third-order valence-electron chi connectivity index (χ3n) is 4.10. The lowest BCUT2D eigenvalue weighted by Gasteiger charge is -2.31. The maximum absolute atomic E-state index is 12.6. The molecule has 0 amide bonds. The molecule has 2 aromatic heterocycles. The Morgan fingerprint density at radius 3 is 2.44 bits per heavy atom. The lowest BCUT2D eigenvalue weighted by Crippen LogP contribution is -2.35. The molecule has 0 fully saturated rings. The molecule has 1 atom stereocenters. The van der Waals surface area contributed by atoms with Crippen LogP contribution in [0.4, 0.5) is 19.0 Å². The molecule has 144 valence electrons. The predicted molar refractivity (Wildman–Crippen MR) is 94.4 cm³/mol. The van der Waals surface area contributed by atoms with Crippen molar-refractivity contribution < 1.29 is 18.3 Å². The number of fused-ring (bicyclic) bond motifs is 1. The summed E-state index contributed by atoms with van der Waals surface area (Å²) in [5.41, 5.74) is 0.332. The van der Waals surface area contributed by atoms with E-state index in [0.29, 0.717) is 22.9 Å². The Balaban J connectivity index is 1.94. The Bertz CT molecular complexity index is 929. The van der Waals surface area contributed by atoms with E-state index in [0.717, 1.165) is 0 Å². The molecule has 0 bridgehead atoms. The third-order valence-corrected chi connectivity index (χ3v) is 4.10. The standard InChI is InChI=1S/C18H20F3N5O/c1-11-8-14(26-16(24-11)22-10-23-26)25-15(17(2,3)27)13-6-4-12(5-7-13)9-18(19,20)21/h4-8,10,15,25,27H,9H2,1-3H3. The van der Waals surface area contributed by atoms with Crippen molar-refractivity contribution in [2.45, 2.75) is 45.0 Å². The van der Waals surface area contributed by atoms with Gasteiger partial charge in [-0.15, -0.1) is 0 Å². The fourth-order valence-corrected chi connectivity index (χ4v) is 2.91. The first kappa shape index (κ1) is 19.1. The van der Waals surface area contributed by atoms with Gasteiger partial charge in [0.2, 0.25) is 0 Å². The second kappa shape index (κ2) is 6.80. The van der Waals surface area contributed by atoms with Gasteiger partial charge in [-0.05, 0) is 31.9 Å². The topological polar surface area (TPSA) is 75.3 Å². The van der Waals surface area contributed by atoms with Crippen molar-refractivity contribution in [3.63, 3.8) is 0 Å². The summed E-state index contributed by atoms with van der Waals surface area (Å²) in [5, 5.41) is 18.0. The molecule has 27 heavy (non-hydrogen) atoms. The van der Waals surface area contributed by atoms with Crippen LogP contribution in [0.15, 0.2) is 36.7 Å². The van der Waals surface area contributed by atoms with Crippen molar-refractivity contribution in [1.82, 2.24) is 19.6 Å². The van der Waals surface area contributed by atoms with Crippen LogP contribution >= 0.6 is 0 Å². The molecule has 0 aliphatic rings. The number of rotatable bonds is 5. The average Bonchev–Trinajstić information content (AvgIpc) is 2.99. The smallest absolute Gasteiger partial charge is 0.388 e. The minimum absolute atomic E-state index is 0.166. The van der Waals surface area contributed by atoms with Gasteiger partial charge in [-0.3, -0.25) is 0 Å². The first-order chi connectivity index (χ1) is 12.5. The summed E-state index contributed by atoms with van der Waals surface area (Å²) in [5.74, 6) is 0.981. The Hall–Kier alpha value is -2.68. The maximum Gasteiger partial charge on any atom is 0.393 e. The van der Waals surface area contributed by atoms with E-state index in [-0.39, 0.29) is 5.56 Å². The van der Waals surface area contributed by atoms with Gasteiger partial charge in [-0.25, -0.2) is 4.98 Å². The Kier molecular flexibility index (Phi) is 4.81. The van der Waals surface area contributed by atoms with E-state index in [4.69, 9.17) is 0 Å². The van der Waals surface area contributed by atoms with E-state index in [1.165, 1.54) is 23.0 Å². The number of benzene rings is 1. The van der Waals surface area contributed by atoms with Crippen LogP contribution in [-0.4, -0.2) is 36.5 Å². The summed E-state index contributed by atoms with van der Waals surface area (Å²) in [6.45, 7) is 5.06. The van der Waals surface area contributed by atoms with Gasteiger partial charge in [-0.1, -0.05) is 24.3 Å². The molecule has 1 aromatic carbocycles. The average molecular weight is 379 g/mol. The minimum atomic E-state index is -4.26. The highest BCUT2D eigenvalue weighted by Crippen LogP contribution is 2.31. The number of aromatic nitrogens is 4. The Morgan fingerprint density at radius 2 is 1.85 bits per heavy atom. The molecule has 1 unspecified atom stereocenters. The molecule has 0 radical (unpaired) electrons. The van der Waals surface area contributed by atoms with Gasteiger partial charge in [0.15, 0.2) is 0 Å². The molecule has 9 heteroatoms. The molecular formula is C18H20F3N5O. The summed E-state index contributed by atoms with van der Waals surface area (Å²) in [7, 11) is 0. The molecular weight excluding hydrogens is 359 g/mol. The van der Waals surface area contributed by atoms with Crippen LogP contribution in [0.2, 0.25) is 0 Å². The molecule has 6 nitrogen and oxygen atoms in total. The second-order valence-electron chi connectivity index (χ2n) is 7.02. The highest BCUT2D eigenvalue weighted by molar-refractivity contribution is 5.47. The van der Waals surface area contributed by atoms with Crippen LogP contribution in [-0.2, 0) is 6.42 Å². The first-order valence-corrected chi connectivity index (χ1v) is 8.35. The molecule has 0 spiro atoms. The highest BCUT2D eigenvalue weighted by Gasteiger charge is 2.31. The molecule has 3 rings (SSSR count). The number of nitrogens with zero attached hydrogens (tertiary/aromatic N) is 4. The van der Waals surface area contributed by atoms with E-state index < -0.39 is 24.2 Å². The normalized spacial score (nSPS) is 13.7. The number of nitrogens with one attached hydrogen (secondary N) is 1. The summed E-state index contributed by atoms with van der Waals surface area (Å²) < 4.78 is 39.2. The van der Waals surface area contributed by atoms with Gasteiger partial charge in [0.05, 0.1) is 18.1 Å². The van der Waals surface area contributed by atoms with Crippen LogP contribution in [0.1, 0.15) is 36.7 Å². The van der Waals surface area contributed by atoms with Crippen LogP contribution < -0.4 is 5.32 Å². The molecule has 3 aromatic rings. The lowest BCUT2D eigenvalue weighted by molar-refractivity contribution is -0.127. The van der Waals surface area contributed by atoms with Crippen LogP contribution in [0.3, 0.4) is 0 Å². The van der Waals surface area contributed by atoms with Gasteiger partial charge in [0, 0.05) is 11.8 Å². The fraction of sp³-hybridized carbons (Fsp3) is 0.389. The van der Waals surface area contributed by atoms with E-state index in [2.05, 4.69) is 20.4 Å². The van der Waals surface area contributed by atoms with Gasteiger partial charge in [0.25, 0.3) is 5.78 Å². The first-order valence-electron chi connectivity index (χ1n) is 8.35. The predicted octanol–water partition coefficient (Wildman–Crippen LogP) is 3.46. The van der Waals surface area contributed by atoms with Crippen molar-refractivity contribution in [2.24, 2.45) is 0 Å². The minimum Gasteiger partial charge on any atom is -0.388 e. The van der Waals surface area contributed by atoms with E-state index in [1.54, 1.807) is 32.0 Å². The monoisotopic (exact) mass is 379 g/mol. The summed E-state index contributed by atoms with van der Waals surface area (Å²) in [6, 6.07) is 7.19. The zero-order valence-electron chi connectivity index (χ0n) is 15.1. The quantitative estimate of drug-likeness (QED) is 0.710.